The van der Waals surface area contributed by atoms with E-state index >= 15 is 0 Å². The Morgan fingerprint density at radius 1 is 1.12 bits per heavy atom. The molecule has 0 spiro atoms. The SMILES string of the molecule is Cn1cnnc1SCC(=O)Nc1cccc(C(=O)NC(c2cccc(F)c2)c2nccn2C)c1. The van der Waals surface area contributed by atoms with Crippen LogP contribution in [0.3, 0.4) is 0 Å². The number of carbonyl (C=O) groups is 2. The van der Waals surface area contributed by atoms with Gasteiger partial charge < -0.3 is 19.8 Å². The Morgan fingerprint density at radius 3 is 2.65 bits per heavy atom. The first-order chi connectivity index (χ1) is 16.4. The Kier molecular flexibility index (Phi) is 7.02. The molecule has 0 saturated heterocycles. The molecule has 0 aliphatic rings. The molecule has 2 heterocycles. The zero-order valence-corrected chi connectivity index (χ0v) is 19.3. The number of aromatic nitrogens is 5. The Balaban J connectivity index is 1.47. The predicted molar refractivity (Wildman–Crippen MR) is 126 cm³/mol. The quantitative estimate of drug-likeness (QED) is 0.377. The first-order valence-corrected chi connectivity index (χ1v) is 11.3. The highest BCUT2D eigenvalue weighted by atomic mass is 32.2. The summed E-state index contributed by atoms with van der Waals surface area (Å²) >= 11 is 1.26. The minimum atomic E-state index is -0.663. The van der Waals surface area contributed by atoms with E-state index in [0.717, 1.165) is 0 Å². The van der Waals surface area contributed by atoms with Crippen LogP contribution in [0.1, 0.15) is 27.8 Å². The molecule has 9 nitrogen and oxygen atoms in total. The zero-order valence-electron chi connectivity index (χ0n) is 18.5. The van der Waals surface area contributed by atoms with Crippen LogP contribution in [-0.4, -0.2) is 41.9 Å². The van der Waals surface area contributed by atoms with Gasteiger partial charge in [-0.05, 0) is 35.9 Å². The number of amides is 2. The largest absolute Gasteiger partial charge is 0.338 e. The molecule has 2 aromatic carbocycles. The lowest BCUT2D eigenvalue weighted by Crippen LogP contribution is -2.31. The topological polar surface area (TPSA) is 107 Å². The Labute approximate surface area is 199 Å². The molecule has 0 bridgehead atoms. The molecule has 4 aromatic rings. The molecule has 0 aliphatic carbocycles. The molecule has 174 valence electrons. The summed E-state index contributed by atoms with van der Waals surface area (Å²) in [7, 11) is 3.60. The first kappa shape index (κ1) is 23.2. The highest BCUT2D eigenvalue weighted by Crippen LogP contribution is 2.22. The van der Waals surface area contributed by atoms with Crippen molar-refractivity contribution in [3.05, 3.63) is 90.0 Å². The number of thioether (sulfide) groups is 1. The van der Waals surface area contributed by atoms with Crippen LogP contribution in [0.25, 0.3) is 0 Å². The average Bonchev–Trinajstić information content (AvgIpc) is 3.43. The molecule has 0 saturated carbocycles. The molecule has 1 unspecified atom stereocenters. The van der Waals surface area contributed by atoms with Crippen molar-refractivity contribution in [2.24, 2.45) is 14.1 Å². The maximum absolute atomic E-state index is 13.9. The summed E-state index contributed by atoms with van der Waals surface area (Å²) in [6.45, 7) is 0. The molecule has 2 aromatic heterocycles. The molecule has 2 N–H and O–H groups in total. The molecular formula is C23H22FN7O2S. The van der Waals surface area contributed by atoms with Crippen LogP contribution in [-0.2, 0) is 18.9 Å². The predicted octanol–water partition coefficient (Wildman–Crippen LogP) is 2.94. The fourth-order valence-corrected chi connectivity index (χ4v) is 4.01. The molecule has 4 rings (SSSR count). The van der Waals surface area contributed by atoms with Crippen LogP contribution < -0.4 is 10.6 Å². The van der Waals surface area contributed by atoms with E-state index in [1.165, 1.54) is 23.9 Å². The van der Waals surface area contributed by atoms with E-state index < -0.39 is 11.9 Å². The van der Waals surface area contributed by atoms with E-state index in [9.17, 15) is 14.0 Å². The van der Waals surface area contributed by atoms with Crippen LogP contribution in [0.15, 0.2) is 72.4 Å². The minimum Gasteiger partial charge on any atom is -0.338 e. The van der Waals surface area contributed by atoms with Gasteiger partial charge in [-0.25, -0.2) is 9.37 Å². The molecule has 0 aliphatic heterocycles. The van der Waals surface area contributed by atoms with Gasteiger partial charge in [0, 0.05) is 37.7 Å². The van der Waals surface area contributed by atoms with Gasteiger partial charge in [-0.1, -0.05) is 30.0 Å². The maximum atomic E-state index is 13.9. The van der Waals surface area contributed by atoms with E-state index in [1.807, 2.05) is 0 Å². The van der Waals surface area contributed by atoms with E-state index in [-0.39, 0.29) is 17.6 Å². The minimum absolute atomic E-state index is 0.143. The molecule has 34 heavy (non-hydrogen) atoms. The summed E-state index contributed by atoms with van der Waals surface area (Å²) in [5.74, 6) is -0.332. The summed E-state index contributed by atoms with van der Waals surface area (Å²) in [5.41, 5.74) is 1.39. The lowest BCUT2D eigenvalue weighted by atomic mass is 10.0. The lowest BCUT2D eigenvalue weighted by Gasteiger charge is -2.19. The van der Waals surface area contributed by atoms with E-state index in [4.69, 9.17) is 0 Å². The van der Waals surface area contributed by atoms with Gasteiger partial charge in [0.2, 0.25) is 5.91 Å². The molecule has 0 fully saturated rings. The van der Waals surface area contributed by atoms with E-state index in [1.54, 1.807) is 78.3 Å². The van der Waals surface area contributed by atoms with Crippen LogP contribution in [0, 0.1) is 5.82 Å². The number of nitrogens with zero attached hydrogens (tertiary/aromatic N) is 5. The van der Waals surface area contributed by atoms with Gasteiger partial charge in [-0.15, -0.1) is 10.2 Å². The number of aryl methyl sites for hydroxylation is 2. The molecule has 2 amide bonds. The van der Waals surface area contributed by atoms with Crippen molar-refractivity contribution >= 4 is 29.3 Å². The second-order valence-electron chi connectivity index (χ2n) is 7.50. The van der Waals surface area contributed by atoms with Crippen LogP contribution in [0.4, 0.5) is 10.1 Å². The number of nitrogens with one attached hydrogen (secondary N) is 2. The second-order valence-corrected chi connectivity index (χ2v) is 8.44. The maximum Gasteiger partial charge on any atom is 0.252 e. The van der Waals surface area contributed by atoms with Crippen molar-refractivity contribution in [3.63, 3.8) is 0 Å². The number of benzene rings is 2. The van der Waals surface area contributed by atoms with Crippen molar-refractivity contribution < 1.29 is 14.0 Å². The molecule has 11 heteroatoms. The highest BCUT2D eigenvalue weighted by molar-refractivity contribution is 7.99. The van der Waals surface area contributed by atoms with E-state index in [0.29, 0.717) is 27.8 Å². The van der Waals surface area contributed by atoms with Crippen molar-refractivity contribution in [2.75, 3.05) is 11.1 Å². The lowest BCUT2D eigenvalue weighted by molar-refractivity contribution is -0.113. The summed E-state index contributed by atoms with van der Waals surface area (Å²) in [6.07, 6.45) is 4.93. The van der Waals surface area contributed by atoms with Crippen molar-refractivity contribution in [2.45, 2.75) is 11.2 Å². The third-order valence-corrected chi connectivity index (χ3v) is 6.02. The number of hydrogen-bond donors (Lipinski definition) is 2. The summed E-state index contributed by atoms with van der Waals surface area (Å²) in [4.78, 5) is 29.8. The van der Waals surface area contributed by atoms with Crippen molar-refractivity contribution in [3.8, 4) is 0 Å². The summed E-state index contributed by atoms with van der Waals surface area (Å²) in [5, 5.41) is 14.0. The third-order valence-electron chi connectivity index (χ3n) is 4.98. The van der Waals surface area contributed by atoms with Gasteiger partial charge in [-0.3, -0.25) is 9.59 Å². The number of rotatable bonds is 8. The standard InChI is InChI=1S/C23H22FN7O2S/c1-30-10-9-25-21(30)20(15-5-3-7-17(24)11-15)28-22(33)16-6-4-8-18(12-16)27-19(32)13-34-23-29-26-14-31(23)2/h3-12,14,20H,13H2,1-2H3,(H,27,32)(H,28,33). The smallest absolute Gasteiger partial charge is 0.252 e. The fraction of sp³-hybridized carbons (Fsp3) is 0.174. The summed E-state index contributed by atoms with van der Waals surface area (Å²) in [6, 6.07) is 12.0. The number of halogens is 1. The Morgan fingerprint density at radius 2 is 1.94 bits per heavy atom. The van der Waals surface area contributed by atoms with Gasteiger partial charge in [0.05, 0.1) is 5.75 Å². The number of hydrogen-bond acceptors (Lipinski definition) is 6. The van der Waals surface area contributed by atoms with Crippen molar-refractivity contribution in [1.29, 1.82) is 0 Å². The van der Waals surface area contributed by atoms with Crippen LogP contribution in [0.5, 0.6) is 0 Å². The monoisotopic (exact) mass is 479 g/mol. The Bertz CT molecular complexity index is 1320. The second kappa shape index (κ2) is 10.3. The highest BCUT2D eigenvalue weighted by Gasteiger charge is 2.22. The van der Waals surface area contributed by atoms with Gasteiger partial charge in [0.25, 0.3) is 5.91 Å². The van der Waals surface area contributed by atoms with Crippen LogP contribution in [0.2, 0.25) is 0 Å². The number of imidazole rings is 1. The average molecular weight is 480 g/mol. The summed E-state index contributed by atoms with van der Waals surface area (Å²) < 4.78 is 17.4. The van der Waals surface area contributed by atoms with Crippen molar-refractivity contribution in [1.82, 2.24) is 29.6 Å². The Hall–Kier alpha value is -3.99. The van der Waals surface area contributed by atoms with Gasteiger partial charge in [0.15, 0.2) is 5.16 Å². The van der Waals surface area contributed by atoms with E-state index in [2.05, 4.69) is 25.8 Å². The van der Waals surface area contributed by atoms with Crippen LogP contribution >= 0.6 is 11.8 Å². The molecule has 1 atom stereocenters. The van der Waals surface area contributed by atoms with Gasteiger partial charge in [-0.2, -0.15) is 0 Å². The van der Waals surface area contributed by atoms with Gasteiger partial charge in [0.1, 0.15) is 24.0 Å². The first-order valence-electron chi connectivity index (χ1n) is 10.3. The number of anilines is 1. The molecule has 0 radical (unpaired) electrons. The number of carbonyl (C=O) groups excluding carboxylic acids is 2. The molecular weight excluding hydrogens is 457 g/mol. The van der Waals surface area contributed by atoms with Gasteiger partial charge >= 0.3 is 0 Å². The normalized spacial score (nSPS) is 11.7. The zero-order chi connectivity index (χ0) is 24.1. The fourth-order valence-electron chi connectivity index (χ4n) is 3.32. The third kappa shape index (κ3) is 5.49.